The Morgan fingerprint density at radius 3 is 2.32 bits per heavy atom. The van der Waals surface area contributed by atoms with Gasteiger partial charge in [0.1, 0.15) is 5.60 Å². The van der Waals surface area contributed by atoms with Gasteiger partial charge in [-0.1, -0.05) is 28.1 Å². The number of likely N-dealkylation sites (tertiary alicyclic amines) is 1. The smallest absolute Gasteiger partial charge is 0.410 e. The molecule has 0 bridgehead atoms. The van der Waals surface area contributed by atoms with Crippen LogP contribution in [-0.4, -0.2) is 40.8 Å². The third kappa shape index (κ3) is 4.00. The topological polar surface area (TPSA) is 66.8 Å². The van der Waals surface area contributed by atoms with E-state index >= 15 is 0 Å². The summed E-state index contributed by atoms with van der Waals surface area (Å²) in [6.07, 6.45) is -0.460. The van der Waals surface area contributed by atoms with Crippen LogP contribution in [0.5, 0.6) is 0 Å². The molecule has 0 spiro atoms. The Bertz CT molecular complexity index is 565. The number of aliphatic carboxylic acids is 1. The Morgan fingerprint density at radius 2 is 1.82 bits per heavy atom. The van der Waals surface area contributed by atoms with Crippen molar-refractivity contribution in [1.29, 1.82) is 0 Å². The highest BCUT2D eigenvalue weighted by atomic mass is 79.9. The number of carbonyl (C=O) groups is 2. The number of hydrogen-bond donors (Lipinski definition) is 1. The maximum Gasteiger partial charge on any atom is 0.410 e. The highest BCUT2D eigenvalue weighted by Crippen LogP contribution is 2.34. The number of carboxylic acid groups (broad SMARTS) is 1. The molecule has 1 N–H and O–H groups in total. The second kappa shape index (κ2) is 6.28. The number of carboxylic acids is 1. The summed E-state index contributed by atoms with van der Waals surface area (Å²) in [5.41, 5.74) is 0.326. The molecule has 0 radical (unpaired) electrons. The highest BCUT2D eigenvalue weighted by Gasteiger charge is 2.41. The summed E-state index contributed by atoms with van der Waals surface area (Å²) in [6.45, 7) is 5.91. The maximum atomic E-state index is 12.2. The van der Waals surface area contributed by atoms with Gasteiger partial charge in [0, 0.05) is 23.5 Å². The third-order valence-corrected chi connectivity index (χ3v) is 4.12. The molecular weight excluding hydrogens is 350 g/mol. The predicted octanol–water partition coefficient (Wildman–Crippen LogP) is 3.48. The molecule has 22 heavy (non-hydrogen) atoms. The second-order valence-corrected chi connectivity index (χ2v) is 7.40. The highest BCUT2D eigenvalue weighted by molar-refractivity contribution is 9.10. The quantitative estimate of drug-likeness (QED) is 0.866. The van der Waals surface area contributed by atoms with Crippen molar-refractivity contribution in [3.05, 3.63) is 34.3 Å². The molecule has 0 aliphatic carbocycles. The number of ether oxygens (including phenoxy) is 1. The van der Waals surface area contributed by atoms with Crippen LogP contribution in [0.3, 0.4) is 0 Å². The standard InChI is InChI=1S/C16H20BrNO4/c1-16(2,3)22-15(21)18-8-12(13(9-18)14(19)20)10-4-6-11(17)7-5-10/h4-7,12-13H,8-9H2,1-3H3,(H,19,20)/t12-,13-/m0/s1. The minimum Gasteiger partial charge on any atom is -0.481 e. The summed E-state index contributed by atoms with van der Waals surface area (Å²) in [4.78, 5) is 25.2. The Kier molecular flexibility index (Phi) is 4.80. The number of hydrogen-bond acceptors (Lipinski definition) is 3. The van der Waals surface area contributed by atoms with Crippen LogP contribution in [0.4, 0.5) is 4.79 Å². The Hall–Kier alpha value is -1.56. The molecule has 1 heterocycles. The lowest BCUT2D eigenvalue weighted by Gasteiger charge is -2.24. The van der Waals surface area contributed by atoms with Crippen LogP contribution >= 0.6 is 15.9 Å². The molecule has 1 fully saturated rings. The number of nitrogens with zero attached hydrogens (tertiary/aromatic N) is 1. The van der Waals surface area contributed by atoms with Crippen LogP contribution in [0.25, 0.3) is 0 Å². The lowest BCUT2D eigenvalue weighted by molar-refractivity contribution is -0.141. The molecule has 120 valence electrons. The van der Waals surface area contributed by atoms with E-state index in [1.165, 1.54) is 4.90 Å². The molecule has 0 aromatic heterocycles. The van der Waals surface area contributed by atoms with E-state index in [-0.39, 0.29) is 12.5 Å². The van der Waals surface area contributed by atoms with Gasteiger partial charge >= 0.3 is 12.1 Å². The second-order valence-electron chi connectivity index (χ2n) is 6.49. The van der Waals surface area contributed by atoms with Gasteiger partial charge in [0.15, 0.2) is 0 Å². The van der Waals surface area contributed by atoms with E-state index in [4.69, 9.17) is 4.74 Å². The molecule has 0 unspecified atom stereocenters. The van der Waals surface area contributed by atoms with Gasteiger partial charge in [0.25, 0.3) is 0 Å². The molecule has 2 atom stereocenters. The number of rotatable bonds is 2. The maximum absolute atomic E-state index is 12.2. The van der Waals surface area contributed by atoms with Crippen molar-refractivity contribution in [2.45, 2.75) is 32.3 Å². The molecule has 1 saturated heterocycles. The van der Waals surface area contributed by atoms with Gasteiger partial charge in [-0.05, 0) is 38.5 Å². The van der Waals surface area contributed by atoms with Crippen molar-refractivity contribution >= 4 is 28.0 Å². The van der Waals surface area contributed by atoms with Crippen molar-refractivity contribution in [2.24, 2.45) is 5.92 Å². The van der Waals surface area contributed by atoms with Crippen molar-refractivity contribution in [2.75, 3.05) is 13.1 Å². The zero-order chi connectivity index (χ0) is 16.5. The fourth-order valence-electron chi connectivity index (χ4n) is 2.58. The van der Waals surface area contributed by atoms with Crippen molar-refractivity contribution in [3.63, 3.8) is 0 Å². The molecule has 6 heteroatoms. The monoisotopic (exact) mass is 369 g/mol. The molecule has 5 nitrogen and oxygen atoms in total. The fourth-order valence-corrected chi connectivity index (χ4v) is 2.84. The summed E-state index contributed by atoms with van der Waals surface area (Å²) in [7, 11) is 0. The number of carbonyl (C=O) groups excluding carboxylic acids is 1. The van der Waals surface area contributed by atoms with Crippen LogP contribution in [0.2, 0.25) is 0 Å². The first kappa shape index (κ1) is 16.8. The lowest BCUT2D eigenvalue weighted by Crippen LogP contribution is -2.35. The minimum atomic E-state index is -0.890. The summed E-state index contributed by atoms with van der Waals surface area (Å²) in [5, 5.41) is 9.44. The van der Waals surface area contributed by atoms with E-state index in [2.05, 4.69) is 15.9 Å². The summed E-state index contributed by atoms with van der Waals surface area (Å²) < 4.78 is 6.27. The minimum absolute atomic E-state index is 0.172. The zero-order valence-corrected chi connectivity index (χ0v) is 14.5. The Morgan fingerprint density at radius 1 is 1.23 bits per heavy atom. The van der Waals surface area contributed by atoms with Crippen LogP contribution in [0.15, 0.2) is 28.7 Å². The molecule has 0 saturated carbocycles. The molecule has 2 rings (SSSR count). The zero-order valence-electron chi connectivity index (χ0n) is 12.9. The van der Waals surface area contributed by atoms with E-state index in [1.54, 1.807) is 20.8 Å². The van der Waals surface area contributed by atoms with E-state index in [0.29, 0.717) is 6.54 Å². The molecule has 1 amide bonds. The van der Waals surface area contributed by atoms with Gasteiger partial charge in [-0.2, -0.15) is 0 Å². The average molecular weight is 370 g/mol. The molecule has 1 aromatic rings. The van der Waals surface area contributed by atoms with Crippen molar-refractivity contribution in [1.82, 2.24) is 4.90 Å². The number of amides is 1. The van der Waals surface area contributed by atoms with E-state index in [0.717, 1.165) is 10.0 Å². The SMILES string of the molecule is CC(C)(C)OC(=O)N1C[C@H](C(=O)O)[C@H](c2ccc(Br)cc2)C1. The van der Waals surface area contributed by atoms with E-state index in [9.17, 15) is 14.7 Å². The van der Waals surface area contributed by atoms with Gasteiger partial charge in [0.2, 0.25) is 0 Å². The number of benzene rings is 1. The van der Waals surface area contributed by atoms with Crippen molar-refractivity contribution < 1.29 is 19.4 Å². The first-order valence-electron chi connectivity index (χ1n) is 7.13. The van der Waals surface area contributed by atoms with Gasteiger partial charge in [-0.3, -0.25) is 4.79 Å². The third-order valence-electron chi connectivity index (χ3n) is 3.59. The van der Waals surface area contributed by atoms with E-state index in [1.807, 2.05) is 24.3 Å². The van der Waals surface area contributed by atoms with Gasteiger partial charge in [0.05, 0.1) is 5.92 Å². The average Bonchev–Trinajstić information content (AvgIpc) is 2.83. The molecule has 1 aromatic carbocycles. The molecular formula is C16H20BrNO4. The molecule has 1 aliphatic rings. The summed E-state index contributed by atoms with van der Waals surface area (Å²) >= 11 is 3.37. The normalized spacial score (nSPS) is 21.7. The van der Waals surface area contributed by atoms with Crippen LogP contribution in [-0.2, 0) is 9.53 Å². The number of halogens is 1. The van der Waals surface area contributed by atoms with Gasteiger partial charge < -0.3 is 14.7 Å². The summed E-state index contributed by atoms with van der Waals surface area (Å²) in [5.74, 6) is -1.73. The van der Waals surface area contributed by atoms with Crippen LogP contribution in [0.1, 0.15) is 32.3 Å². The fraction of sp³-hybridized carbons (Fsp3) is 0.500. The Labute approximate surface area is 138 Å². The van der Waals surface area contributed by atoms with Crippen LogP contribution in [0, 0.1) is 5.92 Å². The molecule has 1 aliphatic heterocycles. The largest absolute Gasteiger partial charge is 0.481 e. The van der Waals surface area contributed by atoms with Crippen LogP contribution < -0.4 is 0 Å². The van der Waals surface area contributed by atoms with Gasteiger partial charge in [-0.25, -0.2) is 4.79 Å². The first-order chi connectivity index (χ1) is 10.2. The first-order valence-corrected chi connectivity index (χ1v) is 7.93. The predicted molar refractivity (Wildman–Crippen MR) is 85.8 cm³/mol. The van der Waals surface area contributed by atoms with E-state index < -0.39 is 23.6 Å². The Balaban J connectivity index is 2.18. The summed E-state index contributed by atoms with van der Waals surface area (Å²) in [6, 6.07) is 7.54. The van der Waals surface area contributed by atoms with Crippen molar-refractivity contribution in [3.8, 4) is 0 Å². The lowest BCUT2D eigenvalue weighted by atomic mass is 9.89. The van der Waals surface area contributed by atoms with Gasteiger partial charge in [-0.15, -0.1) is 0 Å².